The van der Waals surface area contributed by atoms with Crippen molar-refractivity contribution in [1.82, 2.24) is 0 Å². The van der Waals surface area contributed by atoms with Gasteiger partial charge >= 0.3 is 0 Å². The summed E-state index contributed by atoms with van der Waals surface area (Å²) in [6.07, 6.45) is 1.72. The number of rotatable bonds is 3. The number of para-hydroxylation sites is 1. The molecule has 104 valence electrons. The predicted octanol–water partition coefficient (Wildman–Crippen LogP) is 1.75. The van der Waals surface area contributed by atoms with Gasteiger partial charge in [0, 0.05) is 0 Å². The third-order valence-corrected chi connectivity index (χ3v) is 5.14. The summed E-state index contributed by atoms with van der Waals surface area (Å²) in [5.74, 6) is 0. The second-order valence-corrected chi connectivity index (χ2v) is 7.40. The maximum atomic E-state index is 11.5. The fourth-order valence-corrected chi connectivity index (χ4v) is 4.46. The smallest absolute Gasteiger partial charge is 0.206 e. The quantitative estimate of drug-likeness (QED) is 0.851. The van der Waals surface area contributed by atoms with E-state index in [4.69, 9.17) is 0 Å². The van der Waals surface area contributed by atoms with E-state index in [2.05, 4.69) is 0 Å². The second-order valence-electron chi connectivity index (χ2n) is 3.51. The highest BCUT2D eigenvalue weighted by Gasteiger charge is 2.27. The number of benzene rings is 1. The Morgan fingerprint density at radius 2 is 1.28 bits per heavy atom. The fourth-order valence-electron chi connectivity index (χ4n) is 1.37. The molecule has 0 aliphatic rings. The van der Waals surface area contributed by atoms with Crippen molar-refractivity contribution in [1.29, 1.82) is 0 Å². The molecule has 0 saturated carbocycles. The number of sulfonamides is 2. The first-order valence-electron chi connectivity index (χ1n) is 5.40. The van der Waals surface area contributed by atoms with Crippen molar-refractivity contribution in [2.75, 3.05) is 16.2 Å². The molecule has 0 amide bonds. The van der Waals surface area contributed by atoms with Crippen molar-refractivity contribution in [3.05, 3.63) is 29.8 Å². The molecule has 0 aromatic heterocycles. The van der Waals surface area contributed by atoms with Crippen LogP contribution in [0.3, 0.4) is 0 Å². The molecule has 0 N–H and O–H groups in total. The third-order valence-electron chi connectivity index (χ3n) is 1.91. The van der Waals surface area contributed by atoms with E-state index in [-0.39, 0.29) is 5.69 Å². The summed E-state index contributed by atoms with van der Waals surface area (Å²) in [6, 6.07) is 6.41. The predicted molar refractivity (Wildman–Crippen MR) is 74.7 cm³/mol. The van der Waals surface area contributed by atoms with E-state index < -0.39 is 20.0 Å². The van der Waals surface area contributed by atoms with Crippen molar-refractivity contribution in [3.63, 3.8) is 0 Å². The summed E-state index contributed by atoms with van der Waals surface area (Å²) in [5, 5.41) is 0. The number of hydrogen-bond donors (Lipinski definition) is 0. The van der Waals surface area contributed by atoms with Crippen molar-refractivity contribution >= 4 is 25.7 Å². The van der Waals surface area contributed by atoms with Crippen molar-refractivity contribution in [2.45, 2.75) is 20.8 Å². The van der Waals surface area contributed by atoms with Crippen LogP contribution in [-0.2, 0) is 20.0 Å². The van der Waals surface area contributed by atoms with Gasteiger partial charge in [-0.1, -0.05) is 32.0 Å². The Morgan fingerprint density at radius 1 is 0.889 bits per heavy atom. The molecule has 0 aliphatic carbocycles. The van der Waals surface area contributed by atoms with E-state index >= 15 is 0 Å². The van der Waals surface area contributed by atoms with Crippen LogP contribution in [-0.4, -0.2) is 29.3 Å². The Labute approximate surface area is 110 Å². The van der Waals surface area contributed by atoms with E-state index in [0.29, 0.717) is 9.27 Å². The zero-order valence-electron chi connectivity index (χ0n) is 11.2. The maximum absolute atomic E-state index is 11.5. The molecule has 0 atom stereocenters. The van der Waals surface area contributed by atoms with Crippen LogP contribution in [0.1, 0.15) is 19.4 Å². The highest BCUT2D eigenvalue weighted by molar-refractivity contribution is 8.09. The topological polar surface area (TPSA) is 71.5 Å². The molecular weight excluding hydrogens is 274 g/mol. The Balaban J connectivity index is 0.00000137. The lowest BCUT2D eigenvalue weighted by Crippen LogP contribution is -2.35. The molecule has 0 bridgehead atoms. The molecule has 0 unspecified atom stereocenters. The molecule has 18 heavy (non-hydrogen) atoms. The van der Waals surface area contributed by atoms with E-state index in [0.717, 1.165) is 12.5 Å². The molecule has 0 aliphatic heterocycles. The summed E-state index contributed by atoms with van der Waals surface area (Å²) in [7, 11) is -7.71. The molecule has 0 heterocycles. The first-order valence-corrected chi connectivity index (χ1v) is 9.10. The van der Waals surface area contributed by atoms with Gasteiger partial charge in [-0.05, 0) is 18.6 Å². The minimum absolute atomic E-state index is 0.160. The van der Waals surface area contributed by atoms with Crippen LogP contribution in [0, 0.1) is 6.92 Å². The van der Waals surface area contributed by atoms with Crippen molar-refractivity contribution in [3.8, 4) is 0 Å². The fraction of sp³-hybridized carbons (Fsp3) is 0.455. The minimum Gasteiger partial charge on any atom is -0.206 e. The largest absolute Gasteiger partial charge is 0.245 e. The molecule has 0 saturated heterocycles. The van der Waals surface area contributed by atoms with Crippen molar-refractivity contribution < 1.29 is 16.8 Å². The molecule has 0 radical (unpaired) electrons. The van der Waals surface area contributed by atoms with Crippen molar-refractivity contribution in [2.24, 2.45) is 0 Å². The highest BCUT2D eigenvalue weighted by atomic mass is 32.3. The van der Waals surface area contributed by atoms with E-state index in [1.807, 2.05) is 13.8 Å². The Bertz CT molecular complexity index is 559. The van der Waals surface area contributed by atoms with Gasteiger partial charge in [0.15, 0.2) is 0 Å². The molecule has 1 rings (SSSR count). The highest BCUT2D eigenvalue weighted by Crippen LogP contribution is 2.24. The lowest BCUT2D eigenvalue weighted by molar-refractivity contribution is 0.590. The van der Waals surface area contributed by atoms with Crippen LogP contribution in [0.2, 0.25) is 0 Å². The summed E-state index contributed by atoms with van der Waals surface area (Å²) < 4.78 is 46.3. The molecule has 0 spiro atoms. The Hall–Kier alpha value is -1.08. The van der Waals surface area contributed by atoms with Gasteiger partial charge in [0.05, 0.1) is 18.2 Å². The van der Waals surface area contributed by atoms with E-state index in [1.54, 1.807) is 25.1 Å². The second kappa shape index (κ2) is 6.19. The Morgan fingerprint density at radius 3 is 1.61 bits per heavy atom. The molecule has 1 aromatic rings. The molecule has 0 fully saturated rings. The number of anilines is 1. The van der Waals surface area contributed by atoms with Gasteiger partial charge in [-0.15, -0.1) is 0 Å². The van der Waals surface area contributed by atoms with Crippen LogP contribution in [0.25, 0.3) is 0 Å². The van der Waals surface area contributed by atoms with Gasteiger partial charge in [0.25, 0.3) is 0 Å². The average Bonchev–Trinajstić information content (AvgIpc) is 2.20. The molecule has 7 heteroatoms. The normalized spacial score (nSPS) is 11.4. The minimum atomic E-state index is -3.85. The molecule has 5 nitrogen and oxygen atoms in total. The van der Waals surface area contributed by atoms with Crippen LogP contribution in [0.5, 0.6) is 0 Å². The summed E-state index contributed by atoms with van der Waals surface area (Å²) in [6.45, 7) is 5.65. The molecular formula is C11H19NO4S2. The van der Waals surface area contributed by atoms with Crippen LogP contribution in [0.15, 0.2) is 24.3 Å². The monoisotopic (exact) mass is 293 g/mol. The summed E-state index contributed by atoms with van der Waals surface area (Å²) in [5.41, 5.74) is 0.742. The first-order chi connectivity index (χ1) is 8.14. The molecule has 1 aromatic carbocycles. The number of nitrogens with zero attached hydrogens (tertiary/aromatic N) is 1. The van der Waals surface area contributed by atoms with Gasteiger partial charge in [-0.25, -0.2) is 16.8 Å². The van der Waals surface area contributed by atoms with Gasteiger partial charge in [-0.3, -0.25) is 0 Å². The van der Waals surface area contributed by atoms with Crippen LogP contribution < -0.4 is 3.71 Å². The zero-order valence-corrected chi connectivity index (χ0v) is 12.8. The van der Waals surface area contributed by atoms with Gasteiger partial charge in [0.2, 0.25) is 20.0 Å². The van der Waals surface area contributed by atoms with E-state index in [9.17, 15) is 16.8 Å². The Kier molecular flexibility index (Phi) is 5.82. The average molecular weight is 293 g/mol. The number of aryl methyl sites for hydroxylation is 1. The number of hydrogen-bond acceptors (Lipinski definition) is 4. The summed E-state index contributed by atoms with van der Waals surface area (Å²) in [4.78, 5) is 0. The van der Waals surface area contributed by atoms with Gasteiger partial charge in [0.1, 0.15) is 0 Å². The first kappa shape index (κ1) is 16.9. The zero-order chi connectivity index (χ0) is 14.6. The lowest BCUT2D eigenvalue weighted by atomic mass is 10.2. The van der Waals surface area contributed by atoms with Gasteiger partial charge in [-0.2, -0.15) is 3.71 Å². The van der Waals surface area contributed by atoms with Crippen LogP contribution in [0.4, 0.5) is 5.69 Å². The lowest BCUT2D eigenvalue weighted by Gasteiger charge is -2.21. The van der Waals surface area contributed by atoms with E-state index in [1.165, 1.54) is 6.07 Å². The maximum Gasteiger partial charge on any atom is 0.245 e. The van der Waals surface area contributed by atoms with Crippen LogP contribution >= 0.6 is 0 Å². The summed E-state index contributed by atoms with van der Waals surface area (Å²) >= 11 is 0. The third kappa shape index (κ3) is 4.30. The SMILES string of the molecule is CC.Cc1ccccc1N(S(C)(=O)=O)S(C)(=O)=O. The van der Waals surface area contributed by atoms with Gasteiger partial charge < -0.3 is 0 Å². The standard InChI is InChI=1S/C9H13NO4S2.C2H6/c1-8-6-4-5-7-9(8)10(15(2,11)12)16(3,13)14;1-2/h4-7H,1-3H3;1-2H3.